The molecule has 0 aliphatic heterocycles. The molecule has 0 saturated heterocycles. The Kier molecular flexibility index (Phi) is 3.33. The molecule has 1 fully saturated rings. The van der Waals surface area contributed by atoms with Gasteiger partial charge in [-0.05, 0) is 18.9 Å². The number of rotatable bonds is 2. The van der Waals surface area contributed by atoms with Gasteiger partial charge in [0.05, 0.1) is 6.61 Å². The third-order valence-electron chi connectivity index (χ3n) is 4.09. The molecule has 2 heterocycles. The molecule has 0 aromatic carbocycles. The number of hydrogen-bond acceptors (Lipinski definition) is 2. The molecular weight excluding hydrogens is 224 g/mol. The van der Waals surface area contributed by atoms with Gasteiger partial charge in [0.2, 0.25) is 0 Å². The van der Waals surface area contributed by atoms with Gasteiger partial charge in [0, 0.05) is 29.6 Å². The molecule has 0 spiro atoms. The molecule has 3 rings (SSSR count). The molecule has 0 unspecified atom stereocenters. The minimum atomic E-state index is 0.0610. The Morgan fingerprint density at radius 2 is 2.00 bits per heavy atom. The lowest BCUT2D eigenvalue weighted by Crippen LogP contribution is -2.02. The van der Waals surface area contributed by atoms with Gasteiger partial charge in [0.1, 0.15) is 5.65 Å². The van der Waals surface area contributed by atoms with Gasteiger partial charge in [-0.25, -0.2) is 4.98 Å². The van der Waals surface area contributed by atoms with Crippen LogP contribution in [0.25, 0.3) is 5.65 Å². The summed E-state index contributed by atoms with van der Waals surface area (Å²) in [5, 5.41) is 9.35. The summed E-state index contributed by atoms with van der Waals surface area (Å²) in [6, 6.07) is 3.94. The van der Waals surface area contributed by atoms with E-state index < -0.39 is 0 Å². The largest absolute Gasteiger partial charge is 0.392 e. The smallest absolute Gasteiger partial charge is 0.142 e. The minimum Gasteiger partial charge on any atom is -0.392 e. The first kappa shape index (κ1) is 11.7. The molecule has 1 aliphatic rings. The van der Waals surface area contributed by atoms with Crippen molar-refractivity contribution in [2.75, 3.05) is 0 Å². The first-order chi connectivity index (χ1) is 8.90. The fraction of sp³-hybridized carbons (Fsp3) is 0.533. The molecule has 0 bridgehead atoms. The number of hydrogen-bond donors (Lipinski definition) is 1. The van der Waals surface area contributed by atoms with Crippen molar-refractivity contribution in [3.8, 4) is 0 Å². The Morgan fingerprint density at radius 1 is 1.22 bits per heavy atom. The Bertz CT molecular complexity index is 524. The van der Waals surface area contributed by atoms with Crippen LogP contribution in [0.3, 0.4) is 0 Å². The van der Waals surface area contributed by atoms with Crippen LogP contribution >= 0.6 is 0 Å². The maximum absolute atomic E-state index is 9.35. The van der Waals surface area contributed by atoms with E-state index in [-0.39, 0.29) is 6.61 Å². The summed E-state index contributed by atoms with van der Waals surface area (Å²) in [6.45, 7) is 0.0610. The normalized spacial score (nSPS) is 18.1. The average molecular weight is 244 g/mol. The highest BCUT2D eigenvalue weighted by molar-refractivity contribution is 5.49. The molecule has 96 valence electrons. The third-order valence-corrected chi connectivity index (χ3v) is 4.09. The van der Waals surface area contributed by atoms with E-state index in [9.17, 15) is 5.11 Å². The van der Waals surface area contributed by atoms with E-state index in [0.29, 0.717) is 5.92 Å². The predicted octanol–water partition coefficient (Wildman–Crippen LogP) is 3.26. The highest BCUT2D eigenvalue weighted by Gasteiger charge is 2.18. The standard InChI is InChI=1S/C15H20N2O/c18-11-13-8-5-9-17-14(10-16-15(13)17)12-6-3-1-2-4-7-12/h5,8-10,12,18H,1-4,6-7,11H2. The van der Waals surface area contributed by atoms with Crippen molar-refractivity contribution in [3.63, 3.8) is 0 Å². The average Bonchev–Trinajstić information content (AvgIpc) is 2.66. The van der Waals surface area contributed by atoms with Gasteiger partial charge in [0.15, 0.2) is 0 Å². The number of aromatic nitrogens is 2. The van der Waals surface area contributed by atoms with Crippen LogP contribution < -0.4 is 0 Å². The Morgan fingerprint density at radius 3 is 2.72 bits per heavy atom. The van der Waals surface area contributed by atoms with Gasteiger partial charge in [-0.1, -0.05) is 31.7 Å². The molecule has 3 nitrogen and oxygen atoms in total. The fourth-order valence-electron chi connectivity index (χ4n) is 3.09. The fourth-order valence-corrected chi connectivity index (χ4v) is 3.09. The van der Waals surface area contributed by atoms with Crippen LogP contribution in [0, 0.1) is 0 Å². The van der Waals surface area contributed by atoms with Gasteiger partial charge in [0.25, 0.3) is 0 Å². The Balaban J connectivity index is 2.01. The predicted molar refractivity (Wildman–Crippen MR) is 71.6 cm³/mol. The molecule has 0 radical (unpaired) electrons. The first-order valence-corrected chi connectivity index (χ1v) is 6.96. The van der Waals surface area contributed by atoms with Crippen molar-refractivity contribution in [3.05, 3.63) is 35.8 Å². The van der Waals surface area contributed by atoms with E-state index in [4.69, 9.17) is 0 Å². The number of pyridine rings is 1. The van der Waals surface area contributed by atoms with Crippen molar-refractivity contribution in [2.45, 2.75) is 51.0 Å². The lowest BCUT2D eigenvalue weighted by Gasteiger charge is -2.13. The lowest BCUT2D eigenvalue weighted by atomic mass is 9.97. The summed E-state index contributed by atoms with van der Waals surface area (Å²) in [6.07, 6.45) is 12.0. The third kappa shape index (κ3) is 2.03. The Labute approximate surface area is 107 Å². The van der Waals surface area contributed by atoms with E-state index in [1.807, 2.05) is 18.3 Å². The zero-order valence-electron chi connectivity index (χ0n) is 10.7. The summed E-state index contributed by atoms with van der Waals surface area (Å²) < 4.78 is 2.17. The maximum atomic E-state index is 9.35. The molecule has 0 atom stereocenters. The van der Waals surface area contributed by atoms with Crippen LogP contribution in [0.2, 0.25) is 0 Å². The molecule has 18 heavy (non-hydrogen) atoms. The molecule has 2 aromatic heterocycles. The van der Waals surface area contributed by atoms with Gasteiger partial charge < -0.3 is 9.51 Å². The van der Waals surface area contributed by atoms with Crippen LogP contribution in [-0.4, -0.2) is 14.5 Å². The first-order valence-electron chi connectivity index (χ1n) is 6.96. The molecule has 2 aromatic rings. The van der Waals surface area contributed by atoms with Crippen molar-refractivity contribution in [2.24, 2.45) is 0 Å². The van der Waals surface area contributed by atoms with Crippen LogP contribution in [-0.2, 0) is 6.61 Å². The van der Waals surface area contributed by atoms with Crippen molar-refractivity contribution < 1.29 is 5.11 Å². The van der Waals surface area contributed by atoms with E-state index in [2.05, 4.69) is 15.6 Å². The van der Waals surface area contributed by atoms with Gasteiger partial charge in [-0.2, -0.15) is 0 Å². The maximum Gasteiger partial charge on any atom is 0.142 e. The van der Waals surface area contributed by atoms with Crippen LogP contribution in [0.1, 0.15) is 55.7 Å². The van der Waals surface area contributed by atoms with Crippen molar-refractivity contribution in [1.82, 2.24) is 9.38 Å². The number of aliphatic hydroxyl groups is 1. The van der Waals surface area contributed by atoms with Crippen molar-refractivity contribution in [1.29, 1.82) is 0 Å². The van der Waals surface area contributed by atoms with Crippen LogP contribution in [0.4, 0.5) is 0 Å². The second-order valence-corrected chi connectivity index (χ2v) is 5.26. The molecule has 3 heteroatoms. The van der Waals surface area contributed by atoms with Crippen molar-refractivity contribution >= 4 is 5.65 Å². The molecular formula is C15H20N2O. The zero-order chi connectivity index (χ0) is 12.4. The minimum absolute atomic E-state index is 0.0610. The quantitative estimate of drug-likeness (QED) is 0.823. The Hall–Kier alpha value is -1.35. The van der Waals surface area contributed by atoms with Gasteiger partial charge in [-0.3, -0.25) is 0 Å². The summed E-state index contributed by atoms with van der Waals surface area (Å²) in [5.41, 5.74) is 3.15. The van der Waals surface area contributed by atoms with Crippen LogP contribution in [0.5, 0.6) is 0 Å². The number of nitrogens with zero attached hydrogens (tertiary/aromatic N) is 2. The molecule has 1 aliphatic carbocycles. The van der Waals surface area contributed by atoms with Crippen LogP contribution in [0.15, 0.2) is 24.5 Å². The summed E-state index contributed by atoms with van der Waals surface area (Å²) in [4.78, 5) is 4.50. The number of fused-ring (bicyclic) bond motifs is 1. The SMILES string of the molecule is OCc1cccn2c(C3CCCCCC3)cnc12. The highest BCUT2D eigenvalue weighted by Crippen LogP contribution is 2.32. The second-order valence-electron chi connectivity index (χ2n) is 5.26. The lowest BCUT2D eigenvalue weighted by molar-refractivity contribution is 0.282. The van der Waals surface area contributed by atoms with E-state index in [0.717, 1.165) is 11.2 Å². The van der Waals surface area contributed by atoms with Gasteiger partial charge >= 0.3 is 0 Å². The number of imidazole rings is 1. The monoisotopic (exact) mass is 244 g/mol. The summed E-state index contributed by atoms with van der Waals surface area (Å²) >= 11 is 0. The zero-order valence-corrected chi connectivity index (χ0v) is 10.7. The molecule has 0 amide bonds. The van der Waals surface area contributed by atoms with E-state index in [1.165, 1.54) is 44.2 Å². The van der Waals surface area contributed by atoms with E-state index in [1.54, 1.807) is 0 Å². The van der Waals surface area contributed by atoms with E-state index >= 15 is 0 Å². The molecule has 1 N–H and O–H groups in total. The molecule has 1 saturated carbocycles. The summed E-state index contributed by atoms with van der Waals surface area (Å²) in [5.74, 6) is 0.636. The van der Waals surface area contributed by atoms with Gasteiger partial charge in [-0.15, -0.1) is 0 Å². The second kappa shape index (κ2) is 5.11. The number of aliphatic hydroxyl groups excluding tert-OH is 1. The topological polar surface area (TPSA) is 37.5 Å². The summed E-state index contributed by atoms with van der Waals surface area (Å²) in [7, 11) is 0. The highest BCUT2D eigenvalue weighted by atomic mass is 16.3.